The predicted octanol–water partition coefficient (Wildman–Crippen LogP) is 3.76. The number of carboxylic acid groups (broad SMARTS) is 1. The van der Waals surface area contributed by atoms with Gasteiger partial charge in [0.15, 0.2) is 0 Å². The molecule has 3 heteroatoms. The molecule has 2 N–H and O–H groups in total. The molecule has 0 heterocycles. The monoisotopic (exact) mass is 256 g/mol. The summed E-state index contributed by atoms with van der Waals surface area (Å²) in [5.74, 6) is -1.01. The Hall–Kier alpha value is -0.830. The van der Waals surface area contributed by atoms with E-state index in [-0.39, 0.29) is 12.0 Å². The van der Waals surface area contributed by atoms with E-state index in [1.165, 1.54) is 6.42 Å². The van der Waals surface area contributed by atoms with E-state index >= 15 is 0 Å². The van der Waals surface area contributed by atoms with Crippen molar-refractivity contribution in [1.82, 2.24) is 0 Å². The number of hydrogen-bond donors (Lipinski definition) is 2. The smallest absolute Gasteiger partial charge is 0.306 e. The molecule has 0 unspecified atom stereocenters. The normalized spacial score (nSPS) is 14.1. The van der Waals surface area contributed by atoms with Crippen LogP contribution < -0.4 is 0 Å². The van der Waals surface area contributed by atoms with E-state index in [2.05, 4.69) is 13.5 Å². The SMILES string of the molecule is C=CCC[C@@H](O)CC[C@H](CCCCCC)C(=O)O. The van der Waals surface area contributed by atoms with Crippen molar-refractivity contribution in [3.05, 3.63) is 12.7 Å². The highest BCUT2D eigenvalue weighted by Crippen LogP contribution is 2.19. The number of carbonyl (C=O) groups is 1. The predicted molar refractivity (Wildman–Crippen MR) is 74.6 cm³/mol. The fourth-order valence-corrected chi connectivity index (χ4v) is 2.06. The second kappa shape index (κ2) is 11.3. The second-order valence-corrected chi connectivity index (χ2v) is 4.98. The zero-order valence-electron chi connectivity index (χ0n) is 11.6. The minimum atomic E-state index is -0.720. The molecule has 0 amide bonds. The molecule has 0 fully saturated rings. The molecule has 0 spiro atoms. The molecule has 0 aliphatic rings. The first-order valence-corrected chi connectivity index (χ1v) is 7.13. The van der Waals surface area contributed by atoms with Gasteiger partial charge in [0.25, 0.3) is 0 Å². The topological polar surface area (TPSA) is 57.5 Å². The molecule has 3 nitrogen and oxygen atoms in total. The van der Waals surface area contributed by atoms with Gasteiger partial charge in [-0.1, -0.05) is 38.7 Å². The summed E-state index contributed by atoms with van der Waals surface area (Å²) in [6.07, 6.45) is 9.20. The van der Waals surface area contributed by atoms with Crippen molar-refractivity contribution < 1.29 is 15.0 Å². The van der Waals surface area contributed by atoms with Gasteiger partial charge in [0, 0.05) is 0 Å². The van der Waals surface area contributed by atoms with Crippen molar-refractivity contribution in [2.45, 2.75) is 70.8 Å². The number of aliphatic hydroxyl groups is 1. The maximum atomic E-state index is 11.1. The van der Waals surface area contributed by atoms with Crippen LogP contribution in [-0.2, 0) is 4.79 Å². The van der Waals surface area contributed by atoms with Gasteiger partial charge in [0.1, 0.15) is 0 Å². The van der Waals surface area contributed by atoms with Crippen molar-refractivity contribution in [1.29, 1.82) is 0 Å². The van der Waals surface area contributed by atoms with Gasteiger partial charge < -0.3 is 10.2 Å². The summed E-state index contributed by atoms with van der Waals surface area (Å²) in [6, 6.07) is 0. The molecule has 2 atom stereocenters. The molecule has 0 aliphatic carbocycles. The van der Waals surface area contributed by atoms with Crippen LogP contribution in [0.25, 0.3) is 0 Å². The highest BCUT2D eigenvalue weighted by Gasteiger charge is 2.18. The van der Waals surface area contributed by atoms with Crippen molar-refractivity contribution in [3.63, 3.8) is 0 Å². The van der Waals surface area contributed by atoms with Gasteiger partial charge in [-0.2, -0.15) is 0 Å². The summed E-state index contributed by atoms with van der Waals surface area (Å²) in [7, 11) is 0. The molecule has 0 rings (SSSR count). The molecule has 0 saturated carbocycles. The van der Waals surface area contributed by atoms with Crippen LogP contribution in [0.3, 0.4) is 0 Å². The Balaban J connectivity index is 3.82. The van der Waals surface area contributed by atoms with Crippen LogP contribution in [0.2, 0.25) is 0 Å². The van der Waals surface area contributed by atoms with E-state index in [0.717, 1.165) is 32.1 Å². The minimum absolute atomic E-state index is 0.291. The van der Waals surface area contributed by atoms with Crippen molar-refractivity contribution in [2.75, 3.05) is 0 Å². The minimum Gasteiger partial charge on any atom is -0.481 e. The molecule has 106 valence electrons. The standard InChI is InChI=1S/C15H28O3/c1-3-5-7-8-9-13(15(17)18)11-12-14(16)10-6-4-2/h4,13-14,16H,2-3,5-12H2,1H3,(H,17,18)/t13-,14+/m0/s1. The van der Waals surface area contributed by atoms with Crippen LogP contribution >= 0.6 is 0 Å². The zero-order valence-corrected chi connectivity index (χ0v) is 11.6. The molecule has 0 bridgehead atoms. The Bertz CT molecular complexity index is 226. The number of aliphatic carboxylic acids is 1. The lowest BCUT2D eigenvalue weighted by atomic mass is 9.94. The third-order valence-corrected chi connectivity index (χ3v) is 3.31. The highest BCUT2D eigenvalue weighted by atomic mass is 16.4. The second-order valence-electron chi connectivity index (χ2n) is 4.98. The van der Waals surface area contributed by atoms with E-state index < -0.39 is 5.97 Å². The number of carboxylic acids is 1. The van der Waals surface area contributed by atoms with Crippen LogP contribution in [0.5, 0.6) is 0 Å². The Labute approximate surface area is 111 Å². The summed E-state index contributed by atoms with van der Waals surface area (Å²) in [4.78, 5) is 11.1. The molecule has 0 aliphatic heterocycles. The Morgan fingerprint density at radius 1 is 1.17 bits per heavy atom. The van der Waals surface area contributed by atoms with Gasteiger partial charge in [-0.15, -0.1) is 6.58 Å². The number of allylic oxidation sites excluding steroid dienone is 1. The molecular formula is C15H28O3. The first kappa shape index (κ1) is 17.2. The van der Waals surface area contributed by atoms with Crippen LogP contribution in [-0.4, -0.2) is 22.3 Å². The summed E-state index contributed by atoms with van der Waals surface area (Å²) in [5, 5.41) is 18.8. The molecule has 0 aromatic rings. The van der Waals surface area contributed by atoms with E-state index in [9.17, 15) is 9.90 Å². The number of hydrogen-bond acceptors (Lipinski definition) is 2. The maximum absolute atomic E-state index is 11.1. The summed E-state index contributed by atoms with van der Waals surface area (Å²) in [5.41, 5.74) is 0. The molecule has 18 heavy (non-hydrogen) atoms. The van der Waals surface area contributed by atoms with Crippen LogP contribution in [0.15, 0.2) is 12.7 Å². The Morgan fingerprint density at radius 2 is 1.89 bits per heavy atom. The fraction of sp³-hybridized carbons (Fsp3) is 0.800. The number of aliphatic hydroxyl groups excluding tert-OH is 1. The average molecular weight is 256 g/mol. The molecule has 0 saturated heterocycles. The highest BCUT2D eigenvalue weighted by molar-refractivity contribution is 5.69. The van der Waals surface area contributed by atoms with Crippen LogP contribution in [0.1, 0.15) is 64.7 Å². The lowest BCUT2D eigenvalue weighted by Crippen LogP contribution is -2.17. The van der Waals surface area contributed by atoms with Crippen molar-refractivity contribution in [3.8, 4) is 0 Å². The van der Waals surface area contributed by atoms with Gasteiger partial charge in [-0.05, 0) is 32.1 Å². The molecule has 0 radical (unpaired) electrons. The summed E-state index contributed by atoms with van der Waals surface area (Å²) < 4.78 is 0. The van der Waals surface area contributed by atoms with Crippen LogP contribution in [0, 0.1) is 5.92 Å². The van der Waals surface area contributed by atoms with E-state index in [0.29, 0.717) is 19.3 Å². The average Bonchev–Trinajstić information content (AvgIpc) is 2.34. The summed E-state index contributed by atoms with van der Waals surface area (Å²) >= 11 is 0. The van der Waals surface area contributed by atoms with Crippen molar-refractivity contribution in [2.24, 2.45) is 5.92 Å². The molecule has 0 aromatic carbocycles. The number of rotatable bonds is 12. The lowest BCUT2D eigenvalue weighted by Gasteiger charge is -2.14. The van der Waals surface area contributed by atoms with Crippen molar-refractivity contribution >= 4 is 5.97 Å². The third-order valence-electron chi connectivity index (χ3n) is 3.31. The lowest BCUT2D eigenvalue weighted by molar-refractivity contribution is -0.142. The first-order valence-electron chi connectivity index (χ1n) is 7.13. The third kappa shape index (κ3) is 9.23. The fourth-order valence-electron chi connectivity index (χ4n) is 2.06. The Kier molecular flexibility index (Phi) is 10.8. The largest absolute Gasteiger partial charge is 0.481 e. The Morgan fingerprint density at radius 3 is 2.44 bits per heavy atom. The van der Waals surface area contributed by atoms with E-state index in [4.69, 9.17) is 5.11 Å². The van der Waals surface area contributed by atoms with Gasteiger partial charge in [0.2, 0.25) is 0 Å². The molecular weight excluding hydrogens is 228 g/mol. The zero-order chi connectivity index (χ0) is 13.8. The van der Waals surface area contributed by atoms with Gasteiger partial charge in [-0.25, -0.2) is 0 Å². The molecule has 0 aromatic heterocycles. The first-order chi connectivity index (χ1) is 8.61. The maximum Gasteiger partial charge on any atom is 0.306 e. The number of unbranched alkanes of at least 4 members (excludes halogenated alkanes) is 3. The van der Waals surface area contributed by atoms with Gasteiger partial charge in [-0.3, -0.25) is 4.79 Å². The van der Waals surface area contributed by atoms with E-state index in [1.807, 2.05) is 0 Å². The quantitative estimate of drug-likeness (QED) is 0.413. The van der Waals surface area contributed by atoms with Gasteiger partial charge in [0.05, 0.1) is 12.0 Å². The summed E-state index contributed by atoms with van der Waals surface area (Å²) in [6.45, 7) is 5.75. The van der Waals surface area contributed by atoms with Crippen LogP contribution in [0.4, 0.5) is 0 Å². The van der Waals surface area contributed by atoms with Gasteiger partial charge >= 0.3 is 5.97 Å². The van der Waals surface area contributed by atoms with E-state index in [1.54, 1.807) is 6.08 Å².